The second kappa shape index (κ2) is 9.10. The summed E-state index contributed by atoms with van der Waals surface area (Å²) in [6.45, 7) is 8.13. The Kier molecular flexibility index (Phi) is 7.07. The molecule has 0 bridgehead atoms. The summed E-state index contributed by atoms with van der Waals surface area (Å²) in [4.78, 5) is 12.5. The number of hydrogen-bond acceptors (Lipinski definition) is 4. The largest absolute Gasteiger partial charge is 0.491 e. The number of aryl methyl sites for hydroxylation is 1. The number of sulfonamides is 1. The first-order chi connectivity index (χ1) is 13.1. The Morgan fingerprint density at radius 1 is 1.07 bits per heavy atom. The Labute approximate surface area is 167 Å². The lowest BCUT2D eigenvalue weighted by Crippen LogP contribution is -2.39. The van der Waals surface area contributed by atoms with Crippen LogP contribution in [0.2, 0.25) is 0 Å². The van der Waals surface area contributed by atoms with Gasteiger partial charge in [-0.1, -0.05) is 24.3 Å². The highest BCUT2D eigenvalue weighted by Gasteiger charge is 2.18. The summed E-state index contributed by atoms with van der Waals surface area (Å²) < 4.78 is 30.8. The summed E-state index contributed by atoms with van der Waals surface area (Å²) in [6.07, 6.45) is 1.10. The van der Waals surface area contributed by atoms with E-state index in [0.29, 0.717) is 12.3 Å². The fraction of sp³-hybridized carbons (Fsp3) is 0.381. The number of rotatable bonds is 8. The van der Waals surface area contributed by atoms with Crippen LogP contribution in [-0.4, -0.2) is 33.2 Å². The van der Waals surface area contributed by atoms with E-state index < -0.39 is 10.0 Å². The molecule has 2 N–H and O–H groups in total. The topological polar surface area (TPSA) is 84.5 Å². The van der Waals surface area contributed by atoms with E-state index in [1.807, 2.05) is 45.9 Å². The lowest BCUT2D eigenvalue weighted by molar-refractivity contribution is -0.123. The zero-order chi connectivity index (χ0) is 20.9. The fourth-order valence-corrected chi connectivity index (χ4v) is 3.27. The molecule has 0 aliphatic carbocycles. The summed E-state index contributed by atoms with van der Waals surface area (Å²) in [6, 6.07) is 12.5. The molecule has 0 saturated heterocycles. The second-order valence-corrected chi connectivity index (χ2v) is 8.89. The zero-order valence-corrected chi connectivity index (χ0v) is 17.8. The molecule has 0 fully saturated rings. The monoisotopic (exact) mass is 404 g/mol. The predicted octanol–water partition coefficient (Wildman–Crippen LogP) is 3.36. The van der Waals surface area contributed by atoms with Crippen LogP contribution in [-0.2, 0) is 14.8 Å². The van der Waals surface area contributed by atoms with Crippen LogP contribution in [0.25, 0.3) is 0 Å². The molecule has 6 nitrogen and oxygen atoms in total. The van der Waals surface area contributed by atoms with Crippen molar-refractivity contribution in [2.75, 3.05) is 17.6 Å². The van der Waals surface area contributed by atoms with Crippen molar-refractivity contribution in [3.05, 3.63) is 59.2 Å². The normalized spacial score (nSPS) is 13.5. The van der Waals surface area contributed by atoms with Crippen LogP contribution in [0, 0.1) is 13.8 Å². The smallest absolute Gasteiger partial charge is 0.229 e. The van der Waals surface area contributed by atoms with Crippen LogP contribution < -0.4 is 14.8 Å². The van der Waals surface area contributed by atoms with Gasteiger partial charge in [0.1, 0.15) is 12.4 Å². The zero-order valence-electron chi connectivity index (χ0n) is 16.9. The standard InChI is InChI=1S/C21H28N2O4S/c1-14-7-6-8-20(16(14)3)27-13-15(2)22-21(24)17(4)18-9-11-19(12-10-18)23-28(5,25)26/h6-12,15,17,23H,13H2,1-5H3,(H,22,24). The van der Waals surface area contributed by atoms with Crippen molar-refractivity contribution >= 4 is 21.6 Å². The number of ether oxygens (including phenoxy) is 1. The highest BCUT2D eigenvalue weighted by atomic mass is 32.2. The van der Waals surface area contributed by atoms with Gasteiger partial charge >= 0.3 is 0 Å². The van der Waals surface area contributed by atoms with Crippen molar-refractivity contribution in [3.8, 4) is 5.75 Å². The van der Waals surface area contributed by atoms with Gasteiger partial charge < -0.3 is 10.1 Å². The number of anilines is 1. The number of benzene rings is 2. The summed E-state index contributed by atoms with van der Waals surface area (Å²) in [5.41, 5.74) is 3.53. The third kappa shape index (κ3) is 6.27. The maximum absolute atomic E-state index is 12.5. The van der Waals surface area contributed by atoms with Crippen LogP contribution >= 0.6 is 0 Å². The van der Waals surface area contributed by atoms with Gasteiger partial charge in [0, 0.05) is 5.69 Å². The van der Waals surface area contributed by atoms with Gasteiger partial charge in [0.15, 0.2) is 0 Å². The van der Waals surface area contributed by atoms with Gasteiger partial charge in [-0.15, -0.1) is 0 Å². The van der Waals surface area contributed by atoms with Crippen molar-refractivity contribution in [1.82, 2.24) is 5.32 Å². The van der Waals surface area contributed by atoms with Gasteiger partial charge in [0.25, 0.3) is 0 Å². The Bertz CT molecular complexity index is 924. The van der Waals surface area contributed by atoms with E-state index in [1.165, 1.54) is 0 Å². The SMILES string of the molecule is Cc1cccc(OCC(C)NC(=O)C(C)c2ccc(NS(C)(=O)=O)cc2)c1C. The molecule has 2 rings (SSSR count). The molecular weight excluding hydrogens is 376 g/mol. The minimum atomic E-state index is -3.32. The van der Waals surface area contributed by atoms with E-state index in [9.17, 15) is 13.2 Å². The van der Waals surface area contributed by atoms with Crippen LogP contribution in [0.4, 0.5) is 5.69 Å². The van der Waals surface area contributed by atoms with Crippen LogP contribution in [0.1, 0.15) is 36.5 Å². The molecule has 2 unspecified atom stereocenters. The van der Waals surface area contributed by atoms with E-state index >= 15 is 0 Å². The third-order valence-corrected chi connectivity index (χ3v) is 5.15. The third-order valence-electron chi connectivity index (χ3n) is 4.54. The summed E-state index contributed by atoms with van der Waals surface area (Å²) in [5, 5.41) is 2.96. The van der Waals surface area contributed by atoms with Crippen LogP contribution in [0.3, 0.4) is 0 Å². The van der Waals surface area contributed by atoms with Crippen molar-refractivity contribution in [2.45, 2.75) is 39.7 Å². The molecule has 0 aliphatic heterocycles. The van der Waals surface area contributed by atoms with E-state index in [0.717, 1.165) is 28.7 Å². The maximum Gasteiger partial charge on any atom is 0.229 e. The number of carbonyl (C=O) groups is 1. The molecule has 7 heteroatoms. The molecule has 0 heterocycles. The lowest BCUT2D eigenvalue weighted by atomic mass is 10.00. The minimum absolute atomic E-state index is 0.110. The summed E-state index contributed by atoms with van der Waals surface area (Å²) in [5.74, 6) is 0.347. The molecule has 0 aliphatic rings. The van der Waals surface area contributed by atoms with Gasteiger partial charge in [-0.3, -0.25) is 9.52 Å². The molecule has 0 aromatic heterocycles. The first-order valence-corrected chi connectivity index (χ1v) is 11.0. The average molecular weight is 405 g/mol. The van der Waals surface area contributed by atoms with E-state index in [2.05, 4.69) is 10.0 Å². The maximum atomic E-state index is 12.5. The van der Waals surface area contributed by atoms with Crippen LogP contribution in [0.5, 0.6) is 5.75 Å². The number of amides is 1. The summed E-state index contributed by atoms with van der Waals surface area (Å²) >= 11 is 0. The Hall–Kier alpha value is -2.54. The first kappa shape index (κ1) is 21.8. The first-order valence-electron chi connectivity index (χ1n) is 9.14. The lowest BCUT2D eigenvalue weighted by Gasteiger charge is -2.19. The quantitative estimate of drug-likeness (QED) is 0.707. The summed E-state index contributed by atoms with van der Waals surface area (Å²) in [7, 11) is -3.32. The number of nitrogens with one attached hydrogen (secondary N) is 2. The van der Waals surface area contributed by atoms with Crippen LogP contribution in [0.15, 0.2) is 42.5 Å². The minimum Gasteiger partial charge on any atom is -0.491 e. The van der Waals surface area contributed by atoms with E-state index in [-0.39, 0.29) is 17.9 Å². The molecule has 2 atom stereocenters. The molecule has 1 amide bonds. The van der Waals surface area contributed by atoms with E-state index in [1.54, 1.807) is 24.3 Å². The van der Waals surface area contributed by atoms with Crippen molar-refractivity contribution in [3.63, 3.8) is 0 Å². The molecule has 0 spiro atoms. The number of hydrogen-bond donors (Lipinski definition) is 2. The van der Waals surface area contributed by atoms with Crippen molar-refractivity contribution in [1.29, 1.82) is 0 Å². The molecule has 2 aromatic rings. The fourth-order valence-electron chi connectivity index (χ4n) is 2.71. The van der Waals surface area contributed by atoms with Gasteiger partial charge in [-0.25, -0.2) is 8.42 Å². The highest BCUT2D eigenvalue weighted by molar-refractivity contribution is 7.92. The molecule has 0 radical (unpaired) electrons. The Morgan fingerprint density at radius 3 is 2.32 bits per heavy atom. The van der Waals surface area contributed by atoms with Gasteiger partial charge in [0.2, 0.25) is 15.9 Å². The van der Waals surface area contributed by atoms with Crippen molar-refractivity contribution in [2.24, 2.45) is 0 Å². The van der Waals surface area contributed by atoms with Crippen molar-refractivity contribution < 1.29 is 17.9 Å². The molecular formula is C21H28N2O4S. The van der Waals surface area contributed by atoms with E-state index in [4.69, 9.17) is 4.74 Å². The Balaban J connectivity index is 1.91. The molecule has 152 valence electrons. The molecule has 0 saturated carbocycles. The van der Waals surface area contributed by atoms with Gasteiger partial charge in [0.05, 0.1) is 18.2 Å². The molecule has 2 aromatic carbocycles. The Morgan fingerprint density at radius 2 is 1.71 bits per heavy atom. The van der Waals surface area contributed by atoms with Gasteiger partial charge in [-0.05, 0) is 62.6 Å². The predicted molar refractivity (Wildman–Crippen MR) is 112 cm³/mol. The molecule has 28 heavy (non-hydrogen) atoms. The van der Waals surface area contributed by atoms with Gasteiger partial charge in [-0.2, -0.15) is 0 Å². The highest BCUT2D eigenvalue weighted by Crippen LogP contribution is 2.21. The second-order valence-electron chi connectivity index (χ2n) is 7.14. The average Bonchev–Trinajstić information content (AvgIpc) is 2.61. The number of carbonyl (C=O) groups excluding carboxylic acids is 1.